The smallest absolute Gasteiger partial charge is 0.293 e. The number of nitrogens with zero attached hydrogens (tertiary/aromatic N) is 3. The molecule has 0 saturated carbocycles. The fraction of sp³-hybridized carbons (Fsp3) is 0.240. The molecule has 1 saturated heterocycles. The number of benzene rings is 2. The van der Waals surface area contributed by atoms with E-state index in [9.17, 15) is 14.4 Å². The van der Waals surface area contributed by atoms with Gasteiger partial charge in [0.1, 0.15) is 6.54 Å². The summed E-state index contributed by atoms with van der Waals surface area (Å²) in [4.78, 5) is 41.6. The first-order valence-electron chi connectivity index (χ1n) is 10.7. The predicted octanol–water partition coefficient (Wildman–Crippen LogP) is 4.75. The molecule has 3 aromatic rings. The average molecular weight is 448 g/mol. The van der Waals surface area contributed by atoms with Crippen molar-refractivity contribution in [1.82, 2.24) is 14.4 Å². The number of hydrogen-bond donors (Lipinski definition) is 0. The second-order valence-corrected chi connectivity index (χ2v) is 8.54. The third-order valence-corrected chi connectivity index (χ3v) is 6.49. The van der Waals surface area contributed by atoms with Crippen LogP contribution in [-0.2, 0) is 22.7 Å². The van der Waals surface area contributed by atoms with Gasteiger partial charge < -0.3 is 9.47 Å². The molecule has 32 heavy (non-hydrogen) atoms. The van der Waals surface area contributed by atoms with Crippen LogP contribution in [0.1, 0.15) is 25.0 Å². The van der Waals surface area contributed by atoms with Gasteiger partial charge in [0.2, 0.25) is 5.91 Å². The van der Waals surface area contributed by atoms with Crippen molar-refractivity contribution in [1.29, 1.82) is 0 Å². The second kappa shape index (κ2) is 9.44. The number of aromatic nitrogens is 1. The van der Waals surface area contributed by atoms with Crippen LogP contribution in [0.2, 0.25) is 0 Å². The molecule has 1 aromatic heterocycles. The lowest BCUT2D eigenvalue weighted by atomic mass is 10.1. The normalized spacial score (nSPS) is 15.2. The number of rotatable bonds is 7. The molecule has 0 radical (unpaired) electrons. The van der Waals surface area contributed by atoms with Crippen molar-refractivity contribution in [2.45, 2.75) is 26.9 Å². The number of thioether (sulfide) groups is 1. The highest BCUT2D eigenvalue weighted by molar-refractivity contribution is 8.18. The van der Waals surface area contributed by atoms with Crippen LogP contribution in [0.3, 0.4) is 0 Å². The zero-order valence-corrected chi connectivity index (χ0v) is 19.0. The van der Waals surface area contributed by atoms with Gasteiger partial charge in [-0.3, -0.25) is 19.3 Å². The van der Waals surface area contributed by atoms with Crippen molar-refractivity contribution in [3.8, 4) is 0 Å². The highest BCUT2D eigenvalue weighted by atomic mass is 32.2. The molecule has 1 fully saturated rings. The highest BCUT2D eigenvalue weighted by Crippen LogP contribution is 2.35. The monoisotopic (exact) mass is 447 g/mol. The Morgan fingerprint density at radius 3 is 2.41 bits per heavy atom. The van der Waals surface area contributed by atoms with E-state index in [4.69, 9.17) is 0 Å². The Balaban J connectivity index is 1.63. The van der Waals surface area contributed by atoms with Gasteiger partial charge in [-0.1, -0.05) is 48.5 Å². The fourth-order valence-corrected chi connectivity index (χ4v) is 4.72. The van der Waals surface area contributed by atoms with E-state index >= 15 is 0 Å². The van der Waals surface area contributed by atoms with E-state index < -0.39 is 0 Å². The Hall–Kier alpha value is -3.32. The topological polar surface area (TPSA) is 62.6 Å². The number of amides is 3. The van der Waals surface area contributed by atoms with Crippen LogP contribution in [0.5, 0.6) is 0 Å². The summed E-state index contributed by atoms with van der Waals surface area (Å²) >= 11 is 0.954. The summed E-state index contributed by atoms with van der Waals surface area (Å²) in [6, 6.07) is 17.3. The molecule has 3 amide bonds. The summed E-state index contributed by atoms with van der Waals surface area (Å²) in [5, 5.41) is 0.667. The van der Waals surface area contributed by atoms with Crippen LogP contribution in [0.4, 0.5) is 4.79 Å². The highest BCUT2D eigenvalue weighted by Gasteiger charge is 2.35. The van der Waals surface area contributed by atoms with Gasteiger partial charge >= 0.3 is 0 Å². The maximum absolute atomic E-state index is 13.0. The molecule has 7 heteroatoms. The van der Waals surface area contributed by atoms with Gasteiger partial charge in [-0.2, -0.15) is 0 Å². The zero-order chi connectivity index (χ0) is 22.7. The van der Waals surface area contributed by atoms with Crippen LogP contribution in [0, 0.1) is 0 Å². The largest absolute Gasteiger partial charge is 0.342 e. The Labute approximate surface area is 191 Å². The molecule has 0 atom stereocenters. The minimum Gasteiger partial charge on any atom is -0.342 e. The standard InChI is InChI=1S/C25H25N3O3S/c1-3-26(4-2)23(29)17-27-16-19(20-12-8-9-13-21(20)27)14-22-24(30)28(25(31)32-22)15-18-10-6-5-7-11-18/h5-14,16H,3-4,15,17H2,1-2H3/b22-14-. The fourth-order valence-electron chi connectivity index (χ4n) is 3.89. The van der Waals surface area contributed by atoms with Crippen molar-refractivity contribution in [3.63, 3.8) is 0 Å². The summed E-state index contributed by atoms with van der Waals surface area (Å²) in [5.74, 6) is -0.245. The molecular formula is C25H25N3O3S. The van der Waals surface area contributed by atoms with Gasteiger partial charge in [0, 0.05) is 35.8 Å². The molecule has 0 aliphatic carbocycles. The lowest BCUT2D eigenvalue weighted by Gasteiger charge is -2.19. The Morgan fingerprint density at radius 2 is 1.69 bits per heavy atom. The van der Waals surface area contributed by atoms with Crippen molar-refractivity contribution in [3.05, 3.63) is 76.8 Å². The molecule has 1 aliphatic rings. The SMILES string of the molecule is CCN(CC)C(=O)Cn1cc(/C=C2\SC(=O)N(Cc3ccccc3)C2=O)c2ccccc21. The quantitative estimate of drug-likeness (QED) is 0.491. The molecule has 164 valence electrons. The van der Waals surface area contributed by atoms with Gasteiger partial charge in [0.15, 0.2) is 0 Å². The molecule has 0 spiro atoms. The van der Waals surface area contributed by atoms with E-state index in [2.05, 4.69) is 0 Å². The van der Waals surface area contributed by atoms with Gasteiger partial charge in [0.25, 0.3) is 11.1 Å². The Morgan fingerprint density at radius 1 is 1.00 bits per heavy atom. The van der Waals surface area contributed by atoms with Crippen LogP contribution in [-0.4, -0.2) is 44.5 Å². The number of para-hydroxylation sites is 1. The minimum atomic E-state index is -0.292. The van der Waals surface area contributed by atoms with E-state index in [0.717, 1.165) is 33.8 Å². The second-order valence-electron chi connectivity index (χ2n) is 7.55. The third-order valence-electron chi connectivity index (χ3n) is 5.58. The van der Waals surface area contributed by atoms with Crippen molar-refractivity contribution in [2.75, 3.05) is 13.1 Å². The Bertz CT molecular complexity index is 1200. The van der Waals surface area contributed by atoms with Gasteiger partial charge in [-0.15, -0.1) is 0 Å². The molecule has 1 aliphatic heterocycles. The Kier molecular flexibility index (Phi) is 6.46. The van der Waals surface area contributed by atoms with Crippen LogP contribution in [0.25, 0.3) is 17.0 Å². The van der Waals surface area contributed by atoms with Gasteiger partial charge in [-0.05, 0) is 43.3 Å². The first kappa shape index (κ1) is 21.9. The molecule has 0 unspecified atom stereocenters. The van der Waals surface area contributed by atoms with Crippen LogP contribution < -0.4 is 0 Å². The summed E-state index contributed by atoms with van der Waals surface area (Å²) in [6.45, 7) is 5.73. The lowest BCUT2D eigenvalue weighted by molar-refractivity contribution is -0.131. The number of likely N-dealkylation sites (N-methyl/N-ethyl adjacent to an activating group) is 1. The van der Waals surface area contributed by atoms with Gasteiger partial charge in [-0.25, -0.2) is 0 Å². The molecule has 2 heterocycles. The molecular weight excluding hydrogens is 422 g/mol. The maximum Gasteiger partial charge on any atom is 0.293 e. The summed E-state index contributed by atoms with van der Waals surface area (Å²) in [5.41, 5.74) is 2.64. The molecule has 6 nitrogen and oxygen atoms in total. The summed E-state index contributed by atoms with van der Waals surface area (Å²) in [7, 11) is 0. The number of imide groups is 1. The van der Waals surface area contributed by atoms with Gasteiger partial charge in [0.05, 0.1) is 11.4 Å². The number of hydrogen-bond acceptors (Lipinski definition) is 4. The van der Waals surface area contributed by atoms with E-state index in [1.165, 1.54) is 4.90 Å². The van der Waals surface area contributed by atoms with Crippen LogP contribution >= 0.6 is 11.8 Å². The first-order chi connectivity index (χ1) is 15.5. The van der Waals surface area contributed by atoms with E-state index in [-0.39, 0.29) is 30.1 Å². The molecule has 2 aromatic carbocycles. The van der Waals surface area contributed by atoms with E-state index in [1.807, 2.05) is 79.2 Å². The molecule has 0 N–H and O–H groups in total. The summed E-state index contributed by atoms with van der Waals surface area (Å²) in [6.07, 6.45) is 3.65. The maximum atomic E-state index is 13.0. The predicted molar refractivity (Wildman–Crippen MR) is 128 cm³/mol. The van der Waals surface area contributed by atoms with Crippen molar-refractivity contribution in [2.24, 2.45) is 0 Å². The van der Waals surface area contributed by atoms with E-state index in [0.29, 0.717) is 18.0 Å². The first-order valence-corrected chi connectivity index (χ1v) is 11.5. The lowest BCUT2D eigenvalue weighted by Crippen LogP contribution is -2.33. The zero-order valence-electron chi connectivity index (χ0n) is 18.2. The van der Waals surface area contributed by atoms with E-state index in [1.54, 1.807) is 11.0 Å². The van der Waals surface area contributed by atoms with Crippen molar-refractivity contribution >= 4 is 45.8 Å². The molecule has 4 rings (SSSR count). The van der Waals surface area contributed by atoms with Crippen molar-refractivity contribution < 1.29 is 14.4 Å². The average Bonchev–Trinajstić information content (AvgIpc) is 3.27. The third kappa shape index (κ3) is 4.34. The van der Waals surface area contributed by atoms with Crippen LogP contribution in [0.15, 0.2) is 65.7 Å². The number of carbonyl (C=O) groups excluding carboxylic acids is 3. The molecule has 0 bridgehead atoms. The minimum absolute atomic E-state index is 0.0467. The number of carbonyl (C=O) groups is 3. The summed E-state index contributed by atoms with van der Waals surface area (Å²) < 4.78 is 1.91. The number of fused-ring (bicyclic) bond motifs is 1.